The number of imidazole rings is 2. The van der Waals surface area contributed by atoms with Gasteiger partial charge in [-0.15, -0.1) is 0 Å². The van der Waals surface area contributed by atoms with Gasteiger partial charge in [0, 0.05) is 53.9 Å². The molecule has 0 saturated heterocycles. The highest BCUT2D eigenvalue weighted by molar-refractivity contribution is 7.87. The molecule has 11 aromatic rings. The van der Waals surface area contributed by atoms with Crippen LogP contribution in [0.2, 0.25) is 0 Å². The van der Waals surface area contributed by atoms with Crippen LogP contribution in [0.25, 0.3) is 98.0 Å². The molecular formula is C36H12N4O8S2. The Morgan fingerprint density at radius 2 is 0.900 bits per heavy atom. The molecule has 6 heterocycles. The topological polar surface area (TPSA) is 155 Å². The molecule has 0 aliphatic carbocycles. The highest BCUT2D eigenvalue weighted by atomic mass is 32.2. The van der Waals surface area contributed by atoms with Crippen molar-refractivity contribution in [3.8, 4) is 11.5 Å². The van der Waals surface area contributed by atoms with Crippen LogP contribution in [0.5, 0.6) is 11.5 Å². The summed E-state index contributed by atoms with van der Waals surface area (Å²) in [6.07, 6.45) is 0. The Kier molecular flexibility index (Phi) is 3.81. The van der Waals surface area contributed by atoms with E-state index in [1.807, 2.05) is 0 Å². The molecule has 2 aliphatic heterocycles. The maximum absolute atomic E-state index is 14.4. The van der Waals surface area contributed by atoms with E-state index in [1.165, 1.54) is 33.1 Å². The minimum Gasteiger partial charge on any atom is -0.378 e. The summed E-state index contributed by atoms with van der Waals surface area (Å²) in [5.41, 5.74) is 1.62. The van der Waals surface area contributed by atoms with Crippen LogP contribution in [0.15, 0.2) is 92.2 Å². The lowest BCUT2D eigenvalue weighted by atomic mass is 9.85. The van der Waals surface area contributed by atoms with Gasteiger partial charge in [-0.3, -0.25) is 18.4 Å². The summed E-state index contributed by atoms with van der Waals surface area (Å²) in [7, 11) is -9.04. The number of aromatic nitrogens is 4. The van der Waals surface area contributed by atoms with Gasteiger partial charge in [-0.2, -0.15) is 16.8 Å². The number of hydrogen-bond donors (Lipinski definition) is 0. The lowest BCUT2D eigenvalue weighted by Crippen LogP contribution is -2.21. The van der Waals surface area contributed by atoms with Gasteiger partial charge < -0.3 is 8.37 Å². The monoisotopic (exact) mass is 692 g/mol. The standard InChI is InChI=1S/C36H12N4O8S2/c41-35-15-9-21-27-30-24(50(45,46)47-21)12-14-26-16(36(42)40-20-8-4-2-6-18(20)38-34(14)40)10-22-28(32(26)30)29-23(49(43,44)48-22)11-13(25(15)31(27)29)33-37-17-5-1-3-7-19(17)39(33)35/h1-12H. The average Bonchev–Trinajstić information content (AvgIpc) is 3.68. The van der Waals surface area contributed by atoms with Crippen LogP contribution in [0.1, 0.15) is 0 Å². The molecule has 236 valence electrons. The predicted octanol–water partition coefficient (Wildman–Crippen LogP) is 5.40. The molecule has 0 radical (unpaired) electrons. The summed E-state index contributed by atoms with van der Waals surface area (Å²) in [5, 5.41) is 3.65. The molecule has 50 heavy (non-hydrogen) atoms. The molecule has 0 bridgehead atoms. The fraction of sp³-hybridized carbons (Fsp3) is 0. The molecule has 0 amide bonds. The average molecular weight is 693 g/mol. The first-order chi connectivity index (χ1) is 24.1. The number of benzene rings is 7. The molecule has 13 rings (SSSR count). The summed E-state index contributed by atoms with van der Waals surface area (Å²) in [6.45, 7) is 0. The van der Waals surface area contributed by atoms with Gasteiger partial charge in [-0.05, 0) is 48.5 Å². The Morgan fingerprint density at radius 1 is 0.480 bits per heavy atom. The first-order valence-corrected chi connectivity index (χ1v) is 18.2. The van der Waals surface area contributed by atoms with Crippen LogP contribution >= 0.6 is 0 Å². The largest absolute Gasteiger partial charge is 0.378 e. The molecule has 12 nitrogen and oxygen atoms in total. The third-order valence-corrected chi connectivity index (χ3v) is 13.1. The second kappa shape index (κ2) is 7.44. The zero-order valence-corrected chi connectivity index (χ0v) is 26.4. The van der Waals surface area contributed by atoms with Crippen molar-refractivity contribution in [1.29, 1.82) is 0 Å². The van der Waals surface area contributed by atoms with Gasteiger partial charge in [0.15, 0.2) is 11.5 Å². The Bertz CT molecular complexity index is 3650. The van der Waals surface area contributed by atoms with Gasteiger partial charge in [0.25, 0.3) is 11.1 Å². The van der Waals surface area contributed by atoms with Crippen LogP contribution < -0.4 is 19.5 Å². The number of hydrogen-bond acceptors (Lipinski definition) is 10. The second-order valence-electron chi connectivity index (χ2n) is 12.9. The zero-order chi connectivity index (χ0) is 33.3. The highest BCUT2D eigenvalue weighted by Crippen LogP contribution is 2.57. The van der Waals surface area contributed by atoms with Crippen molar-refractivity contribution < 1.29 is 25.2 Å². The molecular weight excluding hydrogens is 681 g/mol. The minimum atomic E-state index is -4.52. The lowest BCUT2D eigenvalue weighted by molar-refractivity contribution is 0.485. The third kappa shape index (κ3) is 2.50. The molecule has 4 aromatic heterocycles. The van der Waals surface area contributed by atoms with Crippen LogP contribution in [0, 0.1) is 0 Å². The van der Waals surface area contributed by atoms with Crippen molar-refractivity contribution in [2.75, 3.05) is 0 Å². The molecule has 0 spiro atoms. The molecule has 0 saturated carbocycles. The Balaban J connectivity index is 1.43. The molecule has 0 atom stereocenters. The van der Waals surface area contributed by atoms with E-state index in [-0.39, 0.29) is 54.1 Å². The van der Waals surface area contributed by atoms with Crippen molar-refractivity contribution >= 4 is 118 Å². The molecule has 0 fully saturated rings. The Labute approximate surface area is 276 Å². The Hall–Kier alpha value is -6.38. The zero-order valence-electron chi connectivity index (χ0n) is 24.8. The summed E-state index contributed by atoms with van der Waals surface area (Å²) >= 11 is 0. The van der Waals surface area contributed by atoms with Gasteiger partial charge >= 0.3 is 20.2 Å². The van der Waals surface area contributed by atoms with Crippen molar-refractivity contribution in [2.24, 2.45) is 0 Å². The molecule has 2 aliphatic rings. The van der Waals surface area contributed by atoms with E-state index in [0.717, 1.165) is 0 Å². The quantitative estimate of drug-likeness (QED) is 0.115. The fourth-order valence-electron chi connectivity index (χ4n) is 8.77. The summed E-state index contributed by atoms with van der Waals surface area (Å²) in [6, 6.07) is 19.8. The Morgan fingerprint density at radius 3 is 1.34 bits per heavy atom. The number of nitrogens with zero attached hydrogens (tertiary/aromatic N) is 4. The van der Waals surface area contributed by atoms with Crippen LogP contribution in [-0.2, 0) is 20.2 Å². The first-order valence-electron chi connectivity index (χ1n) is 15.4. The van der Waals surface area contributed by atoms with E-state index in [1.54, 1.807) is 48.5 Å². The maximum Gasteiger partial charge on any atom is 0.339 e. The number of pyridine rings is 2. The van der Waals surface area contributed by atoms with Gasteiger partial charge in [0.05, 0.1) is 32.8 Å². The van der Waals surface area contributed by atoms with Gasteiger partial charge in [-0.1, -0.05) is 24.3 Å². The van der Waals surface area contributed by atoms with E-state index in [9.17, 15) is 26.4 Å². The van der Waals surface area contributed by atoms with E-state index in [4.69, 9.17) is 18.3 Å². The first kappa shape index (κ1) is 25.6. The molecule has 0 unspecified atom stereocenters. The lowest BCUT2D eigenvalue weighted by Gasteiger charge is -2.28. The smallest absolute Gasteiger partial charge is 0.339 e. The molecule has 7 aromatic carbocycles. The molecule has 14 heteroatoms. The minimum absolute atomic E-state index is 0.119. The van der Waals surface area contributed by atoms with Crippen molar-refractivity contribution in [3.63, 3.8) is 0 Å². The fourth-order valence-corrected chi connectivity index (χ4v) is 11.1. The van der Waals surface area contributed by atoms with Crippen molar-refractivity contribution in [3.05, 3.63) is 93.5 Å². The summed E-state index contributed by atoms with van der Waals surface area (Å²) < 4.78 is 71.1. The summed E-state index contributed by atoms with van der Waals surface area (Å²) in [4.78, 5) is 37.9. The van der Waals surface area contributed by atoms with Gasteiger partial charge in [0.1, 0.15) is 21.1 Å². The second-order valence-corrected chi connectivity index (χ2v) is 15.9. The highest BCUT2D eigenvalue weighted by Gasteiger charge is 2.40. The van der Waals surface area contributed by atoms with E-state index >= 15 is 0 Å². The van der Waals surface area contributed by atoms with Crippen LogP contribution in [-0.4, -0.2) is 35.6 Å². The SMILES string of the molecule is O=c1c2cc3c4c5c(cc6c7c(cc8c(c9c(cc(c2c49)c2nc4ccccc4n12)S(=O)(=O)O8)c57)c(=O)n1c2ccccc2nc61)S(=O)(=O)O3. The van der Waals surface area contributed by atoms with E-state index < -0.39 is 31.4 Å². The molecule has 0 N–H and O–H groups in total. The maximum atomic E-state index is 14.4. The van der Waals surface area contributed by atoms with E-state index in [0.29, 0.717) is 65.2 Å². The van der Waals surface area contributed by atoms with Crippen LogP contribution in [0.4, 0.5) is 0 Å². The van der Waals surface area contributed by atoms with Crippen LogP contribution in [0.3, 0.4) is 0 Å². The number of para-hydroxylation sites is 4. The summed E-state index contributed by atoms with van der Waals surface area (Å²) in [5.74, 6) is -0.238. The number of fused-ring (bicyclic) bond motifs is 8. The van der Waals surface area contributed by atoms with Crippen molar-refractivity contribution in [2.45, 2.75) is 9.79 Å². The van der Waals surface area contributed by atoms with Gasteiger partial charge in [-0.25, -0.2) is 9.97 Å². The van der Waals surface area contributed by atoms with Gasteiger partial charge in [0.2, 0.25) is 0 Å². The van der Waals surface area contributed by atoms with Crippen molar-refractivity contribution in [1.82, 2.24) is 18.8 Å². The predicted molar refractivity (Wildman–Crippen MR) is 186 cm³/mol. The third-order valence-electron chi connectivity index (χ3n) is 10.6. The normalized spacial score (nSPS) is 16.3. The number of rotatable bonds is 0. The van der Waals surface area contributed by atoms with E-state index in [2.05, 4.69) is 0 Å².